The minimum absolute atomic E-state index is 0.366. The second-order valence-corrected chi connectivity index (χ2v) is 7.31. The Labute approximate surface area is 129 Å². The summed E-state index contributed by atoms with van der Waals surface area (Å²) in [6.45, 7) is 9.36. The summed E-state index contributed by atoms with van der Waals surface area (Å²) < 4.78 is 0. The molecule has 1 N–H and O–H groups in total. The summed E-state index contributed by atoms with van der Waals surface area (Å²) in [5, 5.41) is 4.69. The molecule has 0 aliphatic heterocycles. The van der Waals surface area contributed by atoms with Crippen molar-refractivity contribution in [3.63, 3.8) is 0 Å². The van der Waals surface area contributed by atoms with Gasteiger partial charge in [0.05, 0.1) is 0 Å². The third kappa shape index (κ3) is 3.99. The fourth-order valence-corrected chi connectivity index (χ4v) is 3.79. The molecule has 20 heavy (non-hydrogen) atoms. The van der Waals surface area contributed by atoms with Gasteiger partial charge in [-0.15, -0.1) is 0 Å². The topological polar surface area (TPSA) is 12.0 Å². The van der Waals surface area contributed by atoms with Crippen molar-refractivity contribution in [2.45, 2.75) is 59.0 Å². The number of nitrogens with one attached hydrogen (secondary N) is 1. The molecule has 2 rings (SSSR count). The van der Waals surface area contributed by atoms with Crippen LogP contribution in [0, 0.1) is 17.8 Å². The van der Waals surface area contributed by atoms with Crippen molar-refractivity contribution in [1.29, 1.82) is 0 Å². The summed E-state index contributed by atoms with van der Waals surface area (Å²) in [4.78, 5) is 0. The lowest BCUT2D eigenvalue weighted by molar-refractivity contribution is 0.161. The van der Waals surface area contributed by atoms with Crippen LogP contribution in [0.4, 0.5) is 0 Å². The van der Waals surface area contributed by atoms with Gasteiger partial charge < -0.3 is 5.32 Å². The second kappa shape index (κ2) is 6.95. The Morgan fingerprint density at radius 1 is 1.20 bits per heavy atom. The van der Waals surface area contributed by atoms with E-state index in [9.17, 15) is 0 Å². The second-order valence-electron chi connectivity index (χ2n) is 6.88. The van der Waals surface area contributed by atoms with Gasteiger partial charge in [-0.2, -0.15) is 0 Å². The van der Waals surface area contributed by atoms with E-state index in [-0.39, 0.29) is 0 Å². The zero-order valence-corrected chi connectivity index (χ0v) is 14.0. The van der Waals surface area contributed by atoms with E-state index in [4.69, 9.17) is 11.6 Å². The molecule has 0 spiro atoms. The van der Waals surface area contributed by atoms with Gasteiger partial charge in [-0.25, -0.2) is 0 Å². The molecule has 1 aromatic carbocycles. The van der Waals surface area contributed by atoms with Gasteiger partial charge in [-0.3, -0.25) is 0 Å². The van der Waals surface area contributed by atoms with Crippen LogP contribution in [0.15, 0.2) is 24.3 Å². The first-order chi connectivity index (χ1) is 9.47. The Kier molecular flexibility index (Phi) is 5.51. The molecule has 0 saturated heterocycles. The monoisotopic (exact) mass is 293 g/mol. The van der Waals surface area contributed by atoms with E-state index in [0.717, 1.165) is 22.8 Å². The highest BCUT2D eigenvalue weighted by atomic mass is 35.5. The van der Waals surface area contributed by atoms with Crippen LogP contribution in [0.25, 0.3) is 0 Å². The van der Waals surface area contributed by atoms with Gasteiger partial charge in [0.15, 0.2) is 0 Å². The molecule has 3 unspecified atom stereocenters. The van der Waals surface area contributed by atoms with Crippen LogP contribution in [-0.4, -0.2) is 6.04 Å². The Balaban J connectivity index is 2.05. The predicted molar refractivity (Wildman–Crippen MR) is 88.1 cm³/mol. The van der Waals surface area contributed by atoms with Crippen molar-refractivity contribution in [1.82, 2.24) is 5.32 Å². The lowest BCUT2D eigenvalue weighted by atomic mass is 9.73. The first kappa shape index (κ1) is 15.9. The molecular weight excluding hydrogens is 266 g/mol. The molecule has 0 heterocycles. The highest BCUT2D eigenvalue weighted by Gasteiger charge is 2.31. The largest absolute Gasteiger partial charge is 0.307 e. The zero-order chi connectivity index (χ0) is 14.7. The summed E-state index contributed by atoms with van der Waals surface area (Å²) in [7, 11) is 0. The van der Waals surface area contributed by atoms with E-state index in [1.807, 2.05) is 12.1 Å². The summed E-state index contributed by atoms with van der Waals surface area (Å²) >= 11 is 6.11. The maximum Gasteiger partial charge on any atom is 0.0409 e. The number of hydrogen-bond donors (Lipinski definition) is 1. The van der Waals surface area contributed by atoms with Crippen LogP contribution >= 0.6 is 11.6 Å². The first-order valence-electron chi connectivity index (χ1n) is 7.99. The Bertz CT molecular complexity index is 429. The van der Waals surface area contributed by atoms with E-state index in [0.29, 0.717) is 12.1 Å². The Morgan fingerprint density at radius 3 is 2.60 bits per heavy atom. The van der Waals surface area contributed by atoms with Gasteiger partial charge in [0.2, 0.25) is 0 Å². The number of hydrogen-bond acceptors (Lipinski definition) is 1. The number of benzene rings is 1. The molecule has 1 saturated carbocycles. The van der Waals surface area contributed by atoms with Crippen LogP contribution in [0.5, 0.6) is 0 Å². The van der Waals surface area contributed by atoms with Crippen LogP contribution in [0.3, 0.4) is 0 Å². The van der Waals surface area contributed by atoms with Gasteiger partial charge in [0.25, 0.3) is 0 Å². The van der Waals surface area contributed by atoms with E-state index < -0.39 is 0 Å². The lowest BCUT2D eigenvalue weighted by Gasteiger charge is -2.39. The molecule has 0 bridgehead atoms. The molecule has 112 valence electrons. The highest BCUT2D eigenvalue weighted by molar-refractivity contribution is 6.30. The molecule has 2 heteroatoms. The Morgan fingerprint density at radius 2 is 1.95 bits per heavy atom. The third-order valence-electron chi connectivity index (χ3n) is 4.83. The number of rotatable bonds is 4. The summed E-state index contributed by atoms with van der Waals surface area (Å²) in [6, 6.07) is 9.23. The molecule has 1 fully saturated rings. The van der Waals surface area contributed by atoms with Crippen LogP contribution in [0.1, 0.15) is 58.6 Å². The standard InChI is InChI=1S/C18H28ClN/c1-12(2)17-9-8-13(3)10-18(17)20-14(4)15-6-5-7-16(19)11-15/h5-7,11-14,17-18,20H,8-10H2,1-4H3/t13?,14-,17?,18?/m0/s1. The molecule has 1 nitrogen and oxygen atoms in total. The van der Waals surface area contributed by atoms with E-state index >= 15 is 0 Å². The highest BCUT2D eigenvalue weighted by Crippen LogP contribution is 2.34. The fraction of sp³-hybridized carbons (Fsp3) is 0.667. The van der Waals surface area contributed by atoms with Gasteiger partial charge >= 0.3 is 0 Å². The smallest absolute Gasteiger partial charge is 0.0409 e. The van der Waals surface area contributed by atoms with Crippen LogP contribution < -0.4 is 5.32 Å². The number of halogens is 1. The molecule has 4 atom stereocenters. The van der Waals surface area contributed by atoms with Gasteiger partial charge in [0.1, 0.15) is 0 Å². The summed E-state index contributed by atoms with van der Waals surface area (Å²) in [6.07, 6.45) is 4.04. The van der Waals surface area contributed by atoms with E-state index in [1.54, 1.807) is 0 Å². The minimum Gasteiger partial charge on any atom is -0.307 e. The van der Waals surface area contributed by atoms with Crippen molar-refractivity contribution in [2.75, 3.05) is 0 Å². The lowest BCUT2D eigenvalue weighted by Crippen LogP contribution is -2.43. The maximum absolute atomic E-state index is 6.11. The van der Waals surface area contributed by atoms with E-state index in [1.165, 1.54) is 24.8 Å². The summed E-state index contributed by atoms with van der Waals surface area (Å²) in [5.74, 6) is 2.40. The first-order valence-corrected chi connectivity index (χ1v) is 8.36. The molecule has 1 aliphatic carbocycles. The molecule has 0 amide bonds. The van der Waals surface area contributed by atoms with Gasteiger partial charge in [0, 0.05) is 17.1 Å². The van der Waals surface area contributed by atoms with Gasteiger partial charge in [-0.05, 0) is 55.2 Å². The van der Waals surface area contributed by atoms with Crippen molar-refractivity contribution < 1.29 is 0 Å². The molecule has 0 radical (unpaired) electrons. The average molecular weight is 294 g/mol. The van der Waals surface area contributed by atoms with Crippen molar-refractivity contribution in [2.24, 2.45) is 17.8 Å². The quantitative estimate of drug-likeness (QED) is 0.778. The zero-order valence-electron chi connectivity index (χ0n) is 13.2. The molecule has 1 aromatic rings. The van der Waals surface area contributed by atoms with E-state index in [2.05, 4.69) is 45.1 Å². The fourth-order valence-electron chi connectivity index (χ4n) is 3.59. The summed E-state index contributed by atoms with van der Waals surface area (Å²) in [5.41, 5.74) is 1.29. The SMILES string of the molecule is CC1CCC(C(C)C)C(N[C@@H](C)c2cccc(Cl)c2)C1. The van der Waals surface area contributed by atoms with Crippen molar-refractivity contribution in [3.05, 3.63) is 34.9 Å². The average Bonchev–Trinajstić information content (AvgIpc) is 2.38. The van der Waals surface area contributed by atoms with Crippen molar-refractivity contribution >= 4 is 11.6 Å². The van der Waals surface area contributed by atoms with Gasteiger partial charge in [-0.1, -0.05) is 50.9 Å². The van der Waals surface area contributed by atoms with Crippen LogP contribution in [0.2, 0.25) is 5.02 Å². The Hall–Kier alpha value is -0.530. The van der Waals surface area contributed by atoms with Crippen molar-refractivity contribution in [3.8, 4) is 0 Å². The predicted octanol–water partition coefficient (Wildman–Crippen LogP) is 5.45. The molecular formula is C18H28ClN. The molecule has 1 aliphatic rings. The normalized spacial score (nSPS) is 28.6. The van der Waals surface area contributed by atoms with Crippen LogP contribution in [-0.2, 0) is 0 Å². The maximum atomic E-state index is 6.11. The molecule has 0 aromatic heterocycles. The minimum atomic E-state index is 0.366. The third-order valence-corrected chi connectivity index (χ3v) is 5.07.